The number of benzene rings is 2. The van der Waals surface area contributed by atoms with Gasteiger partial charge in [-0.2, -0.15) is 10.2 Å². The van der Waals surface area contributed by atoms with Crippen molar-refractivity contribution in [2.75, 3.05) is 10.6 Å². The molecule has 0 fully saturated rings. The molecule has 6 nitrogen and oxygen atoms in total. The SMILES string of the molecule is Fc1cccc(Cl)c1Cn1ccc(NC(=S)Nc2ccn(Cc3ccc(Cl)cc3)n2)n1. The Kier molecular flexibility index (Phi) is 6.50. The minimum absolute atomic E-state index is 0.211. The van der Waals surface area contributed by atoms with Crippen molar-refractivity contribution in [2.24, 2.45) is 0 Å². The molecule has 0 saturated carbocycles. The number of nitrogens with zero attached hydrogens (tertiary/aromatic N) is 4. The molecule has 4 rings (SSSR count). The fourth-order valence-electron chi connectivity index (χ4n) is 2.92. The fraction of sp³-hybridized carbons (Fsp3) is 0.0952. The maximum absolute atomic E-state index is 14.0. The van der Waals surface area contributed by atoms with Gasteiger partial charge in [-0.3, -0.25) is 9.36 Å². The molecule has 2 heterocycles. The molecule has 4 aromatic rings. The van der Waals surface area contributed by atoms with Crippen LogP contribution in [0.25, 0.3) is 0 Å². The smallest absolute Gasteiger partial charge is 0.177 e. The van der Waals surface area contributed by atoms with Crippen LogP contribution in [-0.2, 0) is 13.1 Å². The normalized spacial score (nSPS) is 10.8. The van der Waals surface area contributed by atoms with E-state index in [-0.39, 0.29) is 12.4 Å². The lowest BCUT2D eigenvalue weighted by Gasteiger charge is -2.07. The van der Waals surface area contributed by atoms with E-state index in [2.05, 4.69) is 20.8 Å². The fourth-order valence-corrected chi connectivity index (χ4v) is 3.48. The molecule has 158 valence electrons. The van der Waals surface area contributed by atoms with Gasteiger partial charge in [0.1, 0.15) is 5.82 Å². The summed E-state index contributed by atoms with van der Waals surface area (Å²) in [6, 6.07) is 15.7. The third-order valence-corrected chi connectivity index (χ3v) is 5.21. The van der Waals surface area contributed by atoms with Gasteiger partial charge in [-0.15, -0.1) is 0 Å². The van der Waals surface area contributed by atoms with E-state index in [1.165, 1.54) is 6.07 Å². The maximum atomic E-state index is 14.0. The Labute approximate surface area is 193 Å². The second kappa shape index (κ2) is 9.47. The molecule has 0 aliphatic heterocycles. The van der Waals surface area contributed by atoms with Crippen molar-refractivity contribution in [2.45, 2.75) is 13.1 Å². The van der Waals surface area contributed by atoms with Crippen molar-refractivity contribution >= 4 is 52.2 Å². The van der Waals surface area contributed by atoms with E-state index in [9.17, 15) is 4.39 Å². The van der Waals surface area contributed by atoms with Crippen molar-refractivity contribution in [3.8, 4) is 0 Å². The Balaban J connectivity index is 1.33. The van der Waals surface area contributed by atoms with Gasteiger partial charge in [-0.25, -0.2) is 4.39 Å². The molecule has 31 heavy (non-hydrogen) atoms. The molecule has 0 atom stereocenters. The van der Waals surface area contributed by atoms with Crippen LogP contribution in [0.5, 0.6) is 0 Å². The first-order valence-electron chi connectivity index (χ1n) is 9.28. The average Bonchev–Trinajstić information content (AvgIpc) is 3.36. The molecule has 0 aliphatic rings. The Hall–Kier alpha value is -2.94. The first kappa shape index (κ1) is 21.3. The van der Waals surface area contributed by atoms with Crippen molar-refractivity contribution in [3.63, 3.8) is 0 Å². The summed E-state index contributed by atoms with van der Waals surface area (Å²) in [5, 5.41) is 16.2. The summed E-state index contributed by atoms with van der Waals surface area (Å²) in [5.74, 6) is 0.749. The molecule has 0 saturated heterocycles. The highest BCUT2D eigenvalue weighted by atomic mass is 35.5. The highest BCUT2D eigenvalue weighted by Gasteiger charge is 2.10. The summed E-state index contributed by atoms with van der Waals surface area (Å²) < 4.78 is 17.3. The van der Waals surface area contributed by atoms with Crippen LogP contribution in [0.3, 0.4) is 0 Å². The summed E-state index contributed by atoms with van der Waals surface area (Å²) in [4.78, 5) is 0. The largest absolute Gasteiger partial charge is 0.316 e. The monoisotopic (exact) mass is 474 g/mol. The Bertz CT molecular complexity index is 1180. The predicted molar refractivity (Wildman–Crippen MR) is 125 cm³/mol. The zero-order chi connectivity index (χ0) is 21.8. The van der Waals surface area contributed by atoms with E-state index in [1.807, 2.05) is 36.5 Å². The van der Waals surface area contributed by atoms with Crippen molar-refractivity contribution in [1.29, 1.82) is 0 Å². The van der Waals surface area contributed by atoms with Crippen LogP contribution < -0.4 is 10.6 Å². The number of thiocarbonyl (C=S) groups is 1. The third-order valence-electron chi connectivity index (χ3n) is 4.40. The van der Waals surface area contributed by atoms with Crippen molar-refractivity contribution in [3.05, 3.63) is 94.0 Å². The van der Waals surface area contributed by atoms with Gasteiger partial charge in [0.15, 0.2) is 16.7 Å². The first-order valence-corrected chi connectivity index (χ1v) is 10.4. The summed E-state index contributed by atoms with van der Waals surface area (Å²) in [7, 11) is 0. The summed E-state index contributed by atoms with van der Waals surface area (Å²) in [5.41, 5.74) is 1.46. The van der Waals surface area contributed by atoms with Gasteiger partial charge < -0.3 is 10.6 Å². The summed E-state index contributed by atoms with van der Waals surface area (Å²) >= 11 is 17.3. The van der Waals surface area contributed by atoms with Gasteiger partial charge in [0.05, 0.1) is 13.1 Å². The van der Waals surface area contributed by atoms with Crippen LogP contribution in [0.4, 0.5) is 16.0 Å². The van der Waals surface area contributed by atoms with Gasteiger partial charge in [-0.05, 0) is 42.0 Å². The molecule has 10 heteroatoms. The van der Waals surface area contributed by atoms with E-state index in [0.717, 1.165) is 5.56 Å². The molecule has 0 amide bonds. The third kappa shape index (κ3) is 5.61. The van der Waals surface area contributed by atoms with E-state index in [0.29, 0.717) is 38.9 Å². The van der Waals surface area contributed by atoms with Crippen LogP contribution in [0.1, 0.15) is 11.1 Å². The van der Waals surface area contributed by atoms with Gasteiger partial charge in [-0.1, -0.05) is 41.4 Å². The summed E-state index contributed by atoms with van der Waals surface area (Å²) in [6.45, 7) is 0.824. The molecular weight excluding hydrogens is 458 g/mol. The molecule has 2 aromatic carbocycles. The van der Waals surface area contributed by atoms with Crippen molar-refractivity contribution < 1.29 is 4.39 Å². The topological polar surface area (TPSA) is 59.7 Å². The number of aromatic nitrogens is 4. The molecular formula is C21H17Cl2FN6S. The Morgan fingerprint density at radius 1 is 0.871 bits per heavy atom. The van der Waals surface area contributed by atoms with E-state index < -0.39 is 0 Å². The first-order chi connectivity index (χ1) is 15.0. The van der Waals surface area contributed by atoms with Gasteiger partial charge in [0.2, 0.25) is 0 Å². The second-order valence-electron chi connectivity index (χ2n) is 6.70. The molecule has 0 spiro atoms. The zero-order valence-corrected chi connectivity index (χ0v) is 18.4. The molecule has 0 unspecified atom stereocenters. The lowest BCUT2D eigenvalue weighted by molar-refractivity contribution is 0.586. The number of hydrogen-bond acceptors (Lipinski definition) is 3. The zero-order valence-electron chi connectivity index (χ0n) is 16.1. The van der Waals surface area contributed by atoms with Gasteiger partial charge >= 0.3 is 0 Å². The van der Waals surface area contributed by atoms with E-state index in [4.69, 9.17) is 35.4 Å². The highest BCUT2D eigenvalue weighted by molar-refractivity contribution is 7.80. The molecule has 2 N–H and O–H groups in total. The minimum atomic E-state index is -0.371. The lowest BCUT2D eigenvalue weighted by Crippen LogP contribution is -2.20. The second-order valence-corrected chi connectivity index (χ2v) is 7.95. The standard InChI is InChI=1S/C21H17Cl2FN6S/c22-15-6-4-14(5-7-15)12-29-10-8-19(27-29)25-21(31)26-20-9-11-30(28-20)13-16-17(23)2-1-3-18(16)24/h1-11H,12-13H2,(H2,25,26,27,28,31). The van der Waals surface area contributed by atoms with Crippen LogP contribution >= 0.6 is 35.4 Å². The van der Waals surface area contributed by atoms with Crippen LogP contribution in [0.2, 0.25) is 10.0 Å². The van der Waals surface area contributed by atoms with Crippen LogP contribution in [0.15, 0.2) is 67.0 Å². The lowest BCUT2D eigenvalue weighted by atomic mass is 10.2. The Morgan fingerprint density at radius 2 is 1.48 bits per heavy atom. The molecule has 0 aliphatic carbocycles. The predicted octanol–water partition coefficient (Wildman–Crippen LogP) is 5.43. The van der Waals surface area contributed by atoms with E-state index >= 15 is 0 Å². The molecule has 0 bridgehead atoms. The number of rotatable bonds is 6. The van der Waals surface area contributed by atoms with Crippen LogP contribution in [0, 0.1) is 5.82 Å². The quantitative estimate of drug-likeness (QED) is 0.364. The summed E-state index contributed by atoms with van der Waals surface area (Å²) in [6.07, 6.45) is 3.57. The highest BCUT2D eigenvalue weighted by Crippen LogP contribution is 2.20. The number of anilines is 2. The van der Waals surface area contributed by atoms with Crippen molar-refractivity contribution in [1.82, 2.24) is 19.6 Å². The maximum Gasteiger partial charge on any atom is 0.177 e. The number of halogens is 3. The van der Waals surface area contributed by atoms with Gasteiger partial charge in [0, 0.05) is 40.1 Å². The number of nitrogens with one attached hydrogen (secondary N) is 2. The van der Waals surface area contributed by atoms with Gasteiger partial charge in [0.25, 0.3) is 0 Å². The van der Waals surface area contributed by atoms with Crippen LogP contribution in [-0.4, -0.2) is 24.7 Å². The Morgan fingerprint density at radius 3 is 2.10 bits per heavy atom. The minimum Gasteiger partial charge on any atom is -0.316 e. The molecule has 0 radical (unpaired) electrons. The number of hydrogen-bond donors (Lipinski definition) is 2. The van der Waals surface area contributed by atoms with E-state index in [1.54, 1.807) is 33.8 Å². The average molecular weight is 475 g/mol. The molecule has 2 aromatic heterocycles.